The van der Waals surface area contributed by atoms with Gasteiger partial charge < -0.3 is 10.4 Å². The molecule has 0 saturated carbocycles. The molecule has 0 aliphatic rings. The van der Waals surface area contributed by atoms with Crippen LogP contribution in [0.25, 0.3) is 0 Å². The van der Waals surface area contributed by atoms with Crippen LogP contribution in [0.15, 0.2) is 11.4 Å². The van der Waals surface area contributed by atoms with Gasteiger partial charge >= 0.3 is 12.1 Å². The molecule has 0 bridgehead atoms. The van der Waals surface area contributed by atoms with E-state index in [9.17, 15) is 22.8 Å². The Balaban J connectivity index is 2.57. The number of carbonyl (C=O) groups is 2. The number of hydrogen-bond acceptors (Lipinski definition) is 3. The van der Waals surface area contributed by atoms with Crippen LogP contribution in [0.5, 0.6) is 0 Å². The molecule has 0 spiro atoms. The molecule has 100 valence electrons. The van der Waals surface area contributed by atoms with E-state index in [1.165, 1.54) is 11.4 Å². The minimum atomic E-state index is -4.42. The first kappa shape index (κ1) is 14.5. The Bertz CT molecular complexity index is 455. The lowest BCUT2D eigenvalue weighted by Crippen LogP contribution is -2.25. The zero-order chi connectivity index (χ0) is 13.9. The van der Waals surface area contributed by atoms with E-state index < -0.39 is 30.4 Å². The lowest BCUT2D eigenvalue weighted by atomic mass is 10.1. The van der Waals surface area contributed by atoms with Crippen molar-refractivity contribution in [1.82, 2.24) is 0 Å². The molecule has 0 aromatic carbocycles. The fraction of sp³-hybridized carbons (Fsp3) is 0.400. The first-order valence-corrected chi connectivity index (χ1v) is 5.76. The SMILES string of the molecule is CC(CC(=O)Nc1cc(C(=O)O)cs1)C(F)(F)F. The summed E-state index contributed by atoms with van der Waals surface area (Å²) in [7, 11) is 0. The van der Waals surface area contributed by atoms with Gasteiger partial charge in [0, 0.05) is 11.8 Å². The van der Waals surface area contributed by atoms with E-state index in [2.05, 4.69) is 5.32 Å². The number of hydrogen-bond donors (Lipinski definition) is 2. The monoisotopic (exact) mass is 281 g/mol. The van der Waals surface area contributed by atoms with Gasteiger partial charge in [-0.3, -0.25) is 4.79 Å². The van der Waals surface area contributed by atoms with Crippen molar-refractivity contribution >= 4 is 28.2 Å². The largest absolute Gasteiger partial charge is 0.478 e. The van der Waals surface area contributed by atoms with Gasteiger partial charge in [0.1, 0.15) is 0 Å². The molecular weight excluding hydrogens is 271 g/mol. The molecule has 0 fully saturated rings. The van der Waals surface area contributed by atoms with Gasteiger partial charge in [-0.15, -0.1) is 11.3 Å². The number of alkyl halides is 3. The second-order valence-corrected chi connectivity index (χ2v) is 4.61. The molecule has 8 heteroatoms. The highest BCUT2D eigenvalue weighted by atomic mass is 32.1. The van der Waals surface area contributed by atoms with E-state index in [1.54, 1.807) is 0 Å². The number of carboxylic acids is 1. The number of halogens is 3. The predicted molar refractivity (Wildman–Crippen MR) is 59.7 cm³/mol. The third-order valence-corrected chi connectivity index (χ3v) is 3.01. The number of carboxylic acid groups (broad SMARTS) is 1. The van der Waals surface area contributed by atoms with Crippen LogP contribution in [0.1, 0.15) is 23.7 Å². The molecule has 1 rings (SSSR count). The highest BCUT2D eigenvalue weighted by Crippen LogP contribution is 2.29. The van der Waals surface area contributed by atoms with Crippen LogP contribution >= 0.6 is 11.3 Å². The Morgan fingerprint density at radius 3 is 2.56 bits per heavy atom. The lowest BCUT2D eigenvalue weighted by Gasteiger charge is -2.14. The summed E-state index contributed by atoms with van der Waals surface area (Å²) in [6.07, 6.45) is -5.11. The zero-order valence-corrected chi connectivity index (χ0v) is 10.1. The van der Waals surface area contributed by atoms with Gasteiger partial charge in [-0.2, -0.15) is 13.2 Å². The van der Waals surface area contributed by atoms with E-state index in [-0.39, 0.29) is 10.6 Å². The van der Waals surface area contributed by atoms with Crippen LogP contribution in [0.2, 0.25) is 0 Å². The molecule has 0 radical (unpaired) electrons. The Labute approximate surface area is 104 Å². The predicted octanol–water partition coefficient (Wildman–Crippen LogP) is 2.97. The van der Waals surface area contributed by atoms with Crippen LogP contribution in [0, 0.1) is 5.92 Å². The van der Waals surface area contributed by atoms with Crippen molar-refractivity contribution in [2.24, 2.45) is 5.92 Å². The number of rotatable bonds is 4. The Morgan fingerprint density at radius 2 is 2.11 bits per heavy atom. The number of aromatic carboxylic acids is 1. The van der Waals surface area contributed by atoms with Crippen LogP contribution in [-0.4, -0.2) is 23.2 Å². The molecule has 0 aliphatic carbocycles. The number of nitrogens with one attached hydrogen (secondary N) is 1. The van der Waals surface area contributed by atoms with E-state index in [0.717, 1.165) is 18.3 Å². The van der Waals surface area contributed by atoms with Crippen molar-refractivity contribution in [2.45, 2.75) is 19.5 Å². The molecule has 4 nitrogen and oxygen atoms in total. The smallest absolute Gasteiger partial charge is 0.392 e. The maximum Gasteiger partial charge on any atom is 0.392 e. The van der Waals surface area contributed by atoms with Gasteiger partial charge in [-0.25, -0.2) is 4.79 Å². The summed E-state index contributed by atoms with van der Waals surface area (Å²) in [5, 5.41) is 12.4. The molecule has 18 heavy (non-hydrogen) atoms. The van der Waals surface area contributed by atoms with Crippen molar-refractivity contribution in [3.63, 3.8) is 0 Å². The van der Waals surface area contributed by atoms with Crippen LogP contribution in [0.3, 0.4) is 0 Å². The first-order chi connectivity index (χ1) is 8.20. The minimum absolute atomic E-state index is 0.0147. The quantitative estimate of drug-likeness (QED) is 0.891. The topological polar surface area (TPSA) is 66.4 Å². The molecule has 1 aromatic heterocycles. The van der Waals surface area contributed by atoms with E-state index in [1.807, 2.05) is 0 Å². The van der Waals surface area contributed by atoms with Crippen LogP contribution in [-0.2, 0) is 4.79 Å². The van der Waals surface area contributed by atoms with Gasteiger partial charge in [0.05, 0.1) is 16.5 Å². The standard InChI is InChI=1S/C10H10F3NO3S/c1-5(10(11,12)13)2-7(15)14-8-3-6(4-18-8)9(16)17/h3-5H,2H2,1H3,(H,14,15)(H,16,17). The molecule has 0 aliphatic heterocycles. The van der Waals surface area contributed by atoms with Gasteiger partial charge in [0.25, 0.3) is 0 Å². The van der Waals surface area contributed by atoms with E-state index in [4.69, 9.17) is 5.11 Å². The van der Waals surface area contributed by atoms with E-state index in [0.29, 0.717) is 0 Å². The maximum atomic E-state index is 12.2. The van der Waals surface area contributed by atoms with Crippen molar-refractivity contribution in [3.05, 3.63) is 17.0 Å². The van der Waals surface area contributed by atoms with Crippen LogP contribution < -0.4 is 5.32 Å². The molecule has 1 aromatic rings. The molecule has 1 atom stereocenters. The van der Waals surface area contributed by atoms with Crippen molar-refractivity contribution in [2.75, 3.05) is 5.32 Å². The zero-order valence-electron chi connectivity index (χ0n) is 9.25. The first-order valence-electron chi connectivity index (χ1n) is 4.88. The second-order valence-electron chi connectivity index (χ2n) is 3.70. The average Bonchev–Trinajstić information content (AvgIpc) is 2.64. The number of anilines is 1. The fourth-order valence-electron chi connectivity index (χ4n) is 1.10. The summed E-state index contributed by atoms with van der Waals surface area (Å²) in [6.45, 7) is 0.913. The highest BCUT2D eigenvalue weighted by molar-refractivity contribution is 7.14. The van der Waals surface area contributed by atoms with Crippen molar-refractivity contribution in [1.29, 1.82) is 0 Å². The third-order valence-electron chi connectivity index (χ3n) is 2.16. The Kier molecular flexibility index (Phi) is 4.33. The van der Waals surface area contributed by atoms with Crippen molar-refractivity contribution in [3.8, 4) is 0 Å². The summed E-state index contributed by atoms with van der Waals surface area (Å²) in [4.78, 5) is 21.9. The summed E-state index contributed by atoms with van der Waals surface area (Å²) < 4.78 is 36.6. The summed E-state index contributed by atoms with van der Waals surface area (Å²) in [5.41, 5.74) is -0.0147. The van der Waals surface area contributed by atoms with Crippen molar-refractivity contribution < 1.29 is 27.9 Å². The molecule has 1 amide bonds. The normalized spacial score (nSPS) is 13.1. The van der Waals surface area contributed by atoms with Crippen LogP contribution in [0.4, 0.5) is 18.2 Å². The Hall–Kier alpha value is -1.57. The number of thiophene rings is 1. The highest BCUT2D eigenvalue weighted by Gasteiger charge is 2.37. The second kappa shape index (κ2) is 5.38. The summed E-state index contributed by atoms with van der Waals surface area (Å²) in [6, 6.07) is 1.20. The maximum absolute atomic E-state index is 12.2. The lowest BCUT2D eigenvalue weighted by molar-refractivity contribution is -0.173. The molecule has 2 N–H and O–H groups in total. The van der Waals surface area contributed by atoms with Gasteiger partial charge in [-0.05, 0) is 6.07 Å². The number of carbonyl (C=O) groups excluding carboxylic acids is 1. The van der Waals surface area contributed by atoms with E-state index >= 15 is 0 Å². The van der Waals surface area contributed by atoms with Gasteiger partial charge in [0.15, 0.2) is 0 Å². The molecule has 1 unspecified atom stereocenters. The average molecular weight is 281 g/mol. The fourth-order valence-corrected chi connectivity index (χ4v) is 1.89. The van der Waals surface area contributed by atoms with Gasteiger partial charge in [-0.1, -0.05) is 6.92 Å². The third kappa shape index (κ3) is 4.02. The summed E-state index contributed by atoms with van der Waals surface area (Å²) in [5.74, 6) is -3.69. The minimum Gasteiger partial charge on any atom is -0.478 e. The number of amides is 1. The molecular formula is C10H10F3NO3S. The summed E-state index contributed by atoms with van der Waals surface area (Å²) >= 11 is 0.947. The molecule has 0 saturated heterocycles. The molecule has 1 heterocycles. The van der Waals surface area contributed by atoms with Gasteiger partial charge in [0.2, 0.25) is 5.91 Å². The Morgan fingerprint density at radius 1 is 1.50 bits per heavy atom.